The van der Waals surface area contributed by atoms with Gasteiger partial charge in [-0.2, -0.15) is 4.63 Å². The van der Waals surface area contributed by atoms with Gasteiger partial charge in [0.1, 0.15) is 5.02 Å². The molecule has 1 unspecified atom stereocenters. The molecule has 2 amide bonds. The number of aromatic nitrogens is 2. The molecule has 25 heavy (non-hydrogen) atoms. The molecule has 4 rings (SSSR count). The van der Waals surface area contributed by atoms with Crippen LogP contribution in [0.5, 0.6) is 0 Å². The molecule has 2 aliphatic rings. The van der Waals surface area contributed by atoms with Crippen LogP contribution < -0.4 is 9.85 Å². The third-order valence-corrected chi connectivity index (χ3v) is 4.42. The molecule has 2 aliphatic heterocycles. The van der Waals surface area contributed by atoms with E-state index in [2.05, 4.69) is 0 Å². The second kappa shape index (κ2) is 5.72. The van der Waals surface area contributed by atoms with E-state index in [1.54, 1.807) is 29.3 Å². The van der Waals surface area contributed by atoms with Crippen molar-refractivity contribution in [3.63, 3.8) is 0 Å². The first-order valence-corrected chi connectivity index (χ1v) is 7.90. The molecule has 132 valence electrons. The third-order valence-electron chi connectivity index (χ3n) is 4.42. The van der Waals surface area contributed by atoms with Crippen LogP contribution in [0.1, 0.15) is 33.6 Å². The number of amides is 2. The molecule has 0 spiro atoms. The van der Waals surface area contributed by atoms with Crippen LogP contribution in [-0.4, -0.2) is 57.6 Å². The molecule has 1 aromatic carbocycles. The number of carbonyl (C=O) groups excluding carboxylic acids is 2. The molecule has 0 radical (unpaired) electrons. The molecule has 0 bridgehead atoms. The predicted octanol–water partition coefficient (Wildman–Crippen LogP) is -0.00250. The lowest BCUT2D eigenvalue weighted by atomic mass is 10.00. The summed E-state index contributed by atoms with van der Waals surface area (Å²) in [6.07, 6.45) is 1.35. The van der Waals surface area contributed by atoms with Crippen LogP contribution in [0.15, 0.2) is 28.9 Å². The van der Waals surface area contributed by atoms with Crippen molar-refractivity contribution in [3.05, 3.63) is 35.4 Å². The van der Waals surface area contributed by atoms with Crippen molar-refractivity contribution in [2.75, 3.05) is 24.8 Å². The normalized spacial score (nSPS) is 20.2. The molecule has 1 saturated heterocycles. The largest absolute Gasteiger partial charge is 0.481 e. The number of hydrogen-bond acceptors (Lipinski definition) is 6. The Balaban J connectivity index is 1.37. The first kappa shape index (κ1) is 15.4. The minimum atomic E-state index is -0.843. The van der Waals surface area contributed by atoms with Crippen LogP contribution in [-0.2, 0) is 4.79 Å². The van der Waals surface area contributed by atoms with Crippen molar-refractivity contribution in [2.45, 2.75) is 12.8 Å². The van der Waals surface area contributed by atoms with E-state index < -0.39 is 23.7 Å². The highest BCUT2D eigenvalue weighted by Gasteiger charge is 2.37. The number of imide groups is 1. The van der Waals surface area contributed by atoms with E-state index in [9.17, 15) is 14.4 Å². The number of hydrogen-bond donors (Lipinski definition) is 1. The van der Waals surface area contributed by atoms with Gasteiger partial charge in [-0.1, -0.05) is 12.1 Å². The number of piperidine rings is 1. The lowest BCUT2D eigenvalue weighted by molar-refractivity contribution is -0.142. The van der Waals surface area contributed by atoms with Gasteiger partial charge in [-0.15, -0.1) is 0 Å². The minimum absolute atomic E-state index is 0.293. The van der Waals surface area contributed by atoms with Crippen LogP contribution in [0.2, 0.25) is 0 Å². The molecule has 2 aromatic rings. The number of carbonyl (C=O) groups is 3. The van der Waals surface area contributed by atoms with E-state index in [1.165, 1.54) is 4.96 Å². The highest BCUT2D eigenvalue weighted by Crippen LogP contribution is 2.22. The number of aliphatic carboxylic acids is 1. The number of rotatable bonds is 5. The Labute approximate surface area is 141 Å². The number of carboxylic acid groups (broad SMARTS) is 1. The van der Waals surface area contributed by atoms with Gasteiger partial charge in [-0.05, 0) is 25.0 Å². The Morgan fingerprint density at radius 2 is 1.92 bits per heavy atom. The van der Waals surface area contributed by atoms with Crippen LogP contribution in [0.3, 0.4) is 0 Å². The number of fused-ring (bicyclic) bond motifs is 1. The minimum Gasteiger partial charge on any atom is -0.481 e. The molecule has 1 atom stereocenters. The first-order valence-electron chi connectivity index (χ1n) is 7.90. The Kier molecular flexibility index (Phi) is 3.52. The Bertz CT molecular complexity index is 798. The van der Waals surface area contributed by atoms with Gasteiger partial charge in [0, 0.05) is 11.5 Å². The Hall–Kier alpha value is -3.17. The molecular weight excluding hydrogens is 332 g/mol. The Morgan fingerprint density at radius 3 is 2.56 bits per heavy atom. The second-order valence-electron chi connectivity index (χ2n) is 6.00. The number of carboxylic acids is 1. The van der Waals surface area contributed by atoms with E-state index >= 15 is 0 Å². The van der Waals surface area contributed by atoms with Crippen molar-refractivity contribution in [1.82, 2.24) is 14.9 Å². The fourth-order valence-corrected chi connectivity index (χ4v) is 3.05. The van der Waals surface area contributed by atoms with E-state index in [1.807, 2.05) is 0 Å². The van der Waals surface area contributed by atoms with Crippen LogP contribution in [0, 0.1) is 5.92 Å². The van der Waals surface area contributed by atoms with Gasteiger partial charge in [0.25, 0.3) is 11.8 Å². The molecule has 3 heterocycles. The van der Waals surface area contributed by atoms with Gasteiger partial charge in [0.15, 0.2) is 0 Å². The summed E-state index contributed by atoms with van der Waals surface area (Å²) in [6.45, 7) is 0.651. The van der Waals surface area contributed by atoms with Crippen LogP contribution in [0.4, 0.5) is 0 Å². The van der Waals surface area contributed by atoms with E-state index in [4.69, 9.17) is 14.6 Å². The average molecular weight is 348 g/mol. The summed E-state index contributed by atoms with van der Waals surface area (Å²) in [5.74, 6) is -2.14. The monoisotopic (exact) mass is 348 g/mol. The molecule has 10 nitrogen and oxygen atoms in total. The maximum absolute atomic E-state index is 12.2. The summed E-state index contributed by atoms with van der Waals surface area (Å²) in [5, 5.41) is 11.8. The lowest BCUT2D eigenvalue weighted by Crippen LogP contribution is -2.44. The van der Waals surface area contributed by atoms with E-state index in [0.717, 1.165) is 16.3 Å². The zero-order valence-electron chi connectivity index (χ0n) is 13.2. The molecule has 1 fully saturated rings. The van der Waals surface area contributed by atoms with Gasteiger partial charge in [-0.25, -0.2) is 4.90 Å². The number of benzene rings is 1. The first-order chi connectivity index (χ1) is 12.1. The maximum atomic E-state index is 12.2. The zero-order chi connectivity index (χ0) is 17.6. The van der Waals surface area contributed by atoms with E-state index in [-0.39, 0.29) is 6.73 Å². The summed E-state index contributed by atoms with van der Waals surface area (Å²) in [4.78, 5) is 43.1. The van der Waals surface area contributed by atoms with Gasteiger partial charge in [0.05, 0.1) is 23.6 Å². The fourth-order valence-electron chi connectivity index (χ4n) is 3.05. The summed E-state index contributed by atoms with van der Waals surface area (Å²) in [5.41, 5.74) is 0.694. The SMILES string of the molecule is O=C(O)C1CCCN(n2on2OCN2C(=O)c3ccccc3C2=O)C1. The zero-order valence-corrected chi connectivity index (χ0v) is 13.2. The lowest BCUT2D eigenvalue weighted by Gasteiger charge is -2.26. The molecule has 10 heteroatoms. The number of nitrogens with zero attached hydrogens (tertiary/aromatic N) is 4. The molecule has 0 aliphatic carbocycles. The standard InChI is InChI=1S/C15H16N4O6/c20-13-11-5-1-2-6-12(11)14(21)17(13)9-24-19-18(25-19)16-7-3-4-10(8-16)15(22)23/h1-2,5-6,10H,3-4,7-9H2,(H,22,23). The van der Waals surface area contributed by atoms with Crippen molar-refractivity contribution in [3.8, 4) is 0 Å². The summed E-state index contributed by atoms with van der Waals surface area (Å²) < 4.78 is 5.12. The maximum Gasteiger partial charge on any atom is 0.308 e. The molecule has 0 saturated carbocycles. The van der Waals surface area contributed by atoms with Crippen molar-refractivity contribution >= 4 is 17.8 Å². The van der Waals surface area contributed by atoms with Gasteiger partial charge >= 0.3 is 5.97 Å². The quantitative estimate of drug-likeness (QED) is 0.757. The van der Waals surface area contributed by atoms with Crippen LogP contribution >= 0.6 is 0 Å². The van der Waals surface area contributed by atoms with Crippen molar-refractivity contribution in [1.29, 1.82) is 0 Å². The second-order valence-corrected chi connectivity index (χ2v) is 6.00. The van der Waals surface area contributed by atoms with Gasteiger partial charge < -0.3 is 9.94 Å². The van der Waals surface area contributed by atoms with Crippen molar-refractivity contribution < 1.29 is 29.0 Å². The van der Waals surface area contributed by atoms with E-state index in [0.29, 0.717) is 30.6 Å². The van der Waals surface area contributed by atoms with Crippen molar-refractivity contribution in [2.24, 2.45) is 5.92 Å². The highest BCUT2D eigenvalue weighted by atomic mass is 17.0. The summed E-state index contributed by atoms with van der Waals surface area (Å²) in [7, 11) is 0. The molecular formula is C15H16N4O6. The third kappa shape index (κ3) is 2.65. The summed E-state index contributed by atoms with van der Waals surface area (Å²) >= 11 is 0. The Morgan fingerprint density at radius 1 is 1.24 bits per heavy atom. The summed E-state index contributed by atoms with van der Waals surface area (Å²) in [6, 6.07) is 6.57. The smallest absolute Gasteiger partial charge is 0.308 e. The van der Waals surface area contributed by atoms with Gasteiger partial charge in [-0.3, -0.25) is 19.4 Å². The predicted molar refractivity (Wildman–Crippen MR) is 81.4 cm³/mol. The van der Waals surface area contributed by atoms with Crippen LogP contribution in [0.25, 0.3) is 0 Å². The highest BCUT2D eigenvalue weighted by molar-refractivity contribution is 6.21. The molecule has 1 N–H and O–H groups in total. The van der Waals surface area contributed by atoms with Gasteiger partial charge in [0.2, 0.25) is 6.73 Å². The molecule has 1 aromatic heterocycles. The topological polar surface area (TPSA) is 110 Å². The fraction of sp³-hybridized carbons (Fsp3) is 0.400. The average Bonchev–Trinajstić information content (AvgIpc) is 3.36.